The van der Waals surface area contributed by atoms with E-state index in [-0.39, 0.29) is 5.91 Å². The van der Waals surface area contributed by atoms with E-state index in [0.29, 0.717) is 17.7 Å². The number of carbonyl (C=O) groups is 1. The number of rotatable bonds is 4. The monoisotopic (exact) mass is 334 g/mol. The first-order valence-electron chi connectivity index (χ1n) is 6.07. The molecular formula is C15H15BrN2O2. The van der Waals surface area contributed by atoms with Gasteiger partial charge >= 0.3 is 0 Å². The van der Waals surface area contributed by atoms with E-state index in [1.807, 2.05) is 36.4 Å². The fraction of sp³-hybridized carbons (Fsp3) is 0.133. The molecule has 0 atom stereocenters. The van der Waals surface area contributed by atoms with Crippen molar-refractivity contribution in [2.75, 3.05) is 7.11 Å². The van der Waals surface area contributed by atoms with Gasteiger partial charge in [0.05, 0.1) is 12.7 Å². The van der Waals surface area contributed by atoms with Crippen LogP contribution >= 0.6 is 15.9 Å². The summed E-state index contributed by atoms with van der Waals surface area (Å²) in [5.41, 5.74) is 4.61. The maximum Gasteiger partial charge on any atom is 0.268 e. The molecule has 0 spiro atoms. The second-order valence-corrected chi connectivity index (χ2v) is 5.20. The molecule has 1 amide bonds. The van der Waals surface area contributed by atoms with Crippen molar-refractivity contribution in [3.05, 3.63) is 63.6 Å². The summed E-state index contributed by atoms with van der Waals surface area (Å²) in [5.74, 6) is 5.37. The van der Waals surface area contributed by atoms with Crippen molar-refractivity contribution < 1.29 is 9.53 Å². The molecule has 2 rings (SSSR count). The lowest BCUT2D eigenvalue weighted by molar-refractivity contribution is 0.0950. The number of nitrogens with two attached hydrogens (primary N) is 1. The molecule has 2 aromatic rings. The molecule has 0 bridgehead atoms. The normalized spacial score (nSPS) is 10.2. The number of nitrogens with one attached hydrogen (secondary N) is 1. The van der Waals surface area contributed by atoms with Gasteiger partial charge in [0.1, 0.15) is 5.75 Å². The number of ether oxygens (including phenoxy) is 1. The Labute approximate surface area is 126 Å². The summed E-state index contributed by atoms with van der Waals surface area (Å²) in [5, 5.41) is 0. The van der Waals surface area contributed by atoms with Crippen molar-refractivity contribution >= 4 is 21.8 Å². The van der Waals surface area contributed by atoms with Gasteiger partial charge in [-0.25, -0.2) is 5.84 Å². The quantitative estimate of drug-likeness (QED) is 0.513. The van der Waals surface area contributed by atoms with Gasteiger partial charge in [0.2, 0.25) is 0 Å². The molecule has 3 N–H and O–H groups in total. The predicted octanol–water partition coefficient (Wildman–Crippen LogP) is 2.65. The lowest BCUT2D eigenvalue weighted by atomic mass is 10.0. The zero-order chi connectivity index (χ0) is 14.5. The van der Waals surface area contributed by atoms with Crippen molar-refractivity contribution in [2.24, 2.45) is 5.84 Å². The Morgan fingerprint density at radius 3 is 2.60 bits per heavy atom. The van der Waals surface area contributed by atoms with Gasteiger partial charge in [0.25, 0.3) is 5.91 Å². The average molecular weight is 335 g/mol. The minimum atomic E-state index is -0.377. The summed E-state index contributed by atoms with van der Waals surface area (Å²) < 4.78 is 6.20. The van der Waals surface area contributed by atoms with Crippen LogP contribution in [0.2, 0.25) is 0 Å². The van der Waals surface area contributed by atoms with Crippen molar-refractivity contribution in [3.8, 4) is 5.75 Å². The Bertz CT molecular complexity index is 615. The highest BCUT2D eigenvalue weighted by atomic mass is 79.9. The molecule has 0 aromatic heterocycles. The fourth-order valence-corrected chi connectivity index (χ4v) is 2.59. The van der Waals surface area contributed by atoms with E-state index in [1.165, 1.54) is 0 Å². The van der Waals surface area contributed by atoms with Gasteiger partial charge in [-0.1, -0.05) is 46.3 Å². The molecule has 0 aliphatic heterocycles. The van der Waals surface area contributed by atoms with Crippen molar-refractivity contribution in [2.45, 2.75) is 6.42 Å². The molecule has 20 heavy (non-hydrogen) atoms. The van der Waals surface area contributed by atoms with Crippen LogP contribution < -0.4 is 16.0 Å². The molecule has 104 valence electrons. The van der Waals surface area contributed by atoms with Crippen LogP contribution in [-0.4, -0.2) is 13.0 Å². The summed E-state index contributed by atoms with van der Waals surface area (Å²) in [6, 6.07) is 13.6. The third kappa shape index (κ3) is 3.18. The SMILES string of the molecule is COc1c(Cc2ccccc2)cc(Br)cc1C(=O)NN. The number of hydrogen-bond donors (Lipinski definition) is 2. The van der Waals surface area contributed by atoms with Gasteiger partial charge < -0.3 is 4.74 Å². The van der Waals surface area contributed by atoms with E-state index < -0.39 is 0 Å². The first-order chi connectivity index (χ1) is 9.65. The van der Waals surface area contributed by atoms with E-state index in [1.54, 1.807) is 13.2 Å². The molecule has 5 heteroatoms. The largest absolute Gasteiger partial charge is 0.496 e. The number of hydrazine groups is 1. The molecule has 0 fully saturated rings. The van der Waals surface area contributed by atoms with Gasteiger partial charge in [-0.3, -0.25) is 10.2 Å². The van der Waals surface area contributed by atoms with Gasteiger partial charge in [0, 0.05) is 16.5 Å². The Morgan fingerprint density at radius 1 is 1.30 bits per heavy atom. The Hall–Kier alpha value is -1.85. The van der Waals surface area contributed by atoms with Crippen molar-refractivity contribution in [1.82, 2.24) is 5.43 Å². The number of amides is 1. The second-order valence-electron chi connectivity index (χ2n) is 4.28. The van der Waals surface area contributed by atoms with Crippen LogP contribution in [0.15, 0.2) is 46.9 Å². The Balaban J connectivity index is 2.46. The highest BCUT2D eigenvalue weighted by Gasteiger charge is 2.16. The number of benzene rings is 2. The maximum absolute atomic E-state index is 11.8. The van der Waals surface area contributed by atoms with E-state index >= 15 is 0 Å². The highest BCUT2D eigenvalue weighted by molar-refractivity contribution is 9.10. The topological polar surface area (TPSA) is 64.3 Å². The minimum Gasteiger partial charge on any atom is -0.496 e. The van der Waals surface area contributed by atoms with E-state index in [2.05, 4.69) is 21.4 Å². The van der Waals surface area contributed by atoms with E-state index in [9.17, 15) is 4.79 Å². The van der Waals surface area contributed by atoms with Crippen LogP contribution in [-0.2, 0) is 6.42 Å². The Kier molecular flexibility index (Phi) is 4.76. The zero-order valence-corrected chi connectivity index (χ0v) is 12.6. The number of methoxy groups -OCH3 is 1. The zero-order valence-electron chi connectivity index (χ0n) is 11.0. The number of hydrogen-bond acceptors (Lipinski definition) is 3. The van der Waals surface area contributed by atoms with Crippen molar-refractivity contribution in [1.29, 1.82) is 0 Å². The molecule has 2 aromatic carbocycles. The van der Waals surface area contributed by atoms with Gasteiger partial charge in [-0.15, -0.1) is 0 Å². The van der Waals surface area contributed by atoms with Gasteiger partial charge in [-0.2, -0.15) is 0 Å². The summed E-state index contributed by atoms with van der Waals surface area (Å²) in [7, 11) is 1.55. The van der Waals surface area contributed by atoms with Crippen LogP contribution in [0.4, 0.5) is 0 Å². The molecular weight excluding hydrogens is 320 g/mol. The van der Waals surface area contributed by atoms with Crippen LogP contribution in [0.3, 0.4) is 0 Å². The molecule has 0 saturated heterocycles. The minimum absolute atomic E-state index is 0.377. The molecule has 0 aliphatic carbocycles. The van der Waals surface area contributed by atoms with Gasteiger partial charge in [0.15, 0.2) is 0 Å². The lowest BCUT2D eigenvalue weighted by Gasteiger charge is -2.14. The van der Waals surface area contributed by atoms with E-state index in [0.717, 1.165) is 15.6 Å². The van der Waals surface area contributed by atoms with Crippen LogP contribution in [0.25, 0.3) is 0 Å². The van der Waals surface area contributed by atoms with Gasteiger partial charge in [-0.05, 0) is 17.7 Å². The third-order valence-electron chi connectivity index (χ3n) is 2.95. The van der Waals surface area contributed by atoms with Crippen LogP contribution in [0.5, 0.6) is 5.75 Å². The molecule has 0 heterocycles. The predicted molar refractivity (Wildman–Crippen MR) is 81.6 cm³/mol. The third-order valence-corrected chi connectivity index (χ3v) is 3.41. The number of nitrogen functional groups attached to an aromatic ring is 1. The number of halogens is 1. The average Bonchev–Trinajstić information content (AvgIpc) is 2.47. The fourth-order valence-electron chi connectivity index (χ4n) is 2.08. The molecule has 0 unspecified atom stereocenters. The highest BCUT2D eigenvalue weighted by Crippen LogP contribution is 2.30. The first-order valence-corrected chi connectivity index (χ1v) is 6.86. The maximum atomic E-state index is 11.8. The Morgan fingerprint density at radius 2 is 2.00 bits per heavy atom. The standard InChI is InChI=1S/C15H15BrN2O2/c1-20-14-11(7-10-5-3-2-4-6-10)8-12(16)9-13(14)15(19)18-17/h2-6,8-9H,7,17H2,1H3,(H,18,19). The van der Waals surface area contributed by atoms with Crippen molar-refractivity contribution in [3.63, 3.8) is 0 Å². The summed E-state index contributed by atoms with van der Waals surface area (Å²) in [6.07, 6.45) is 0.675. The second kappa shape index (κ2) is 6.54. The summed E-state index contributed by atoms with van der Waals surface area (Å²) in [4.78, 5) is 11.8. The molecule has 0 radical (unpaired) electrons. The van der Waals surface area contributed by atoms with E-state index in [4.69, 9.17) is 10.6 Å². The molecule has 0 saturated carbocycles. The summed E-state index contributed by atoms with van der Waals surface area (Å²) in [6.45, 7) is 0. The number of carbonyl (C=O) groups excluding carboxylic acids is 1. The van der Waals surface area contributed by atoms with Crippen LogP contribution in [0.1, 0.15) is 21.5 Å². The first kappa shape index (κ1) is 14.6. The smallest absolute Gasteiger partial charge is 0.268 e. The summed E-state index contributed by atoms with van der Waals surface area (Å²) >= 11 is 3.41. The molecule has 4 nitrogen and oxygen atoms in total. The van der Waals surface area contributed by atoms with Crippen LogP contribution in [0, 0.1) is 0 Å². The lowest BCUT2D eigenvalue weighted by Crippen LogP contribution is -2.30. The molecule has 0 aliphatic rings.